The lowest BCUT2D eigenvalue weighted by molar-refractivity contribution is -0.123. The molecule has 1 amide bonds. The molecule has 1 heterocycles. The molecule has 0 aliphatic carbocycles. The Kier molecular flexibility index (Phi) is 6.39. The van der Waals surface area contributed by atoms with Crippen molar-refractivity contribution < 1.29 is 19.1 Å². The van der Waals surface area contributed by atoms with E-state index in [1.54, 1.807) is 30.3 Å². The molecule has 0 fully saturated rings. The van der Waals surface area contributed by atoms with Gasteiger partial charge in [0.25, 0.3) is 5.91 Å². The monoisotopic (exact) mass is 418 g/mol. The maximum atomic E-state index is 12.8. The number of amides is 1. The molecule has 160 valence electrons. The average Bonchev–Trinajstić information content (AvgIpc) is 3.03. The van der Waals surface area contributed by atoms with Crippen LogP contribution >= 0.6 is 0 Å². The van der Waals surface area contributed by atoms with Crippen molar-refractivity contribution in [2.75, 3.05) is 5.32 Å². The van der Waals surface area contributed by atoms with Gasteiger partial charge in [0.2, 0.25) is 0 Å². The van der Waals surface area contributed by atoms with Crippen LogP contribution in [0.2, 0.25) is 0 Å². The predicted octanol–water partition coefficient (Wildman–Crippen LogP) is 4.79. The van der Waals surface area contributed by atoms with Crippen molar-refractivity contribution in [1.29, 1.82) is 0 Å². The maximum Gasteiger partial charge on any atom is 0.340 e. The highest BCUT2D eigenvalue weighted by Crippen LogP contribution is 2.22. The van der Waals surface area contributed by atoms with Crippen LogP contribution in [-0.4, -0.2) is 28.3 Å². The van der Waals surface area contributed by atoms with Crippen molar-refractivity contribution >= 4 is 23.3 Å². The van der Waals surface area contributed by atoms with E-state index in [4.69, 9.17) is 4.74 Å². The minimum Gasteiger partial charge on any atom is -0.449 e. The number of hydrogen-bond donors (Lipinski definition) is 1. The van der Waals surface area contributed by atoms with Crippen LogP contribution in [0.4, 0.5) is 5.69 Å². The third kappa shape index (κ3) is 4.91. The molecule has 3 aromatic rings. The fourth-order valence-electron chi connectivity index (χ4n) is 3.37. The van der Waals surface area contributed by atoms with Gasteiger partial charge in [-0.1, -0.05) is 17.7 Å². The Bertz CT molecular complexity index is 1130. The van der Waals surface area contributed by atoms with E-state index in [-0.39, 0.29) is 5.78 Å². The highest BCUT2D eigenvalue weighted by molar-refractivity contribution is 5.99. The molecule has 31 heavy (non-hydrogen) atoms. The van der Waals surface area contributed by atoms with Crippen molar-refractivity contribution in [3.63, 3.8) is 0 Å². The van der Waals surface area contributed by atoms with E-state index in [0.717, 1.165) is 22.6 Å². The fraction of sp³-hybridized carbons (Fsp3) is 0.240. The van der Waals surface area contributed by atoms with Gasteiger partial charge in [0.05, 0.1) is 5.56 Å². The van der Waals surface area contributed by atoms with Gasteiger partial charge in [0.1, 0.15) is 0 Å². The molecule has 0 saturated carbocycles. The van der Waals surface area contributed by atoms with Crippen LogP contribution in [0.25, 0.3) is 5.69 Å². The van der Waals surface area contributed by atoms with Crippen molar-refractivity contribution in [3.05, 3.63) is 82.7 Å². The number of carbonyl (C=O) groups excluding carboxylic acids is 3. The number of ketones is 1. The zero-order valence-corrected chi connectivity index (χ0v) is 18.4. The summed E-state index contributed by atoms with van der Waals surface area (Å²) in [5.41, 5.74) is 5.26. The maximum absolute atomic E-state index is 12.8. The molecule has 0 aliphatic heterocycles. The second-order valence-corrected chi connectivity index (χ2v) is 7.63. The summed E-state index contributed by atoms with van der Waals surface area (Å²) >= 11 is 0. The summed E-state index contributed by atoms with van der Waals surface area (Å²) in [6.07, 6.45) is -0.984. The van der Waals surface area contributed by atoms with Crippen LogP contribution in [0.1, 0.15) is 51.5 Å². The van der Waals surface area contributed by atoms with Gasteiger partial charge in [-0.3, -0.25) is 9.59 Å². The van der Waals surface area contributed by atoms with Crippen molar-refractivity contribution in [2.45, 2.75) is 40.7 Å². The van der Waals surface area contributed by atoms with Gasteiger partial charge in [-0.15, -0.1) is 0 Å². The van der Waals surface area contributed by atoms with E-state index in [2.05, 4.69) is 5.32 Å². The Balaban J connectivity index is 1.70. The van der Waals surface area contributed by atoms with Crippen LogP contribution in [0.3, 0.4) is 0 Å². The number of esters is 1. The van der Waals surface area contributed by atoms with Crippen LogP contribution in [0.5, 0.6) is 0 Å². The molecule has 3 rings (SSSR count). The van der Waals surface area contributed by atoms with Gasteiger partial charge in [0.15, 0.2) is 11.9 Å². The van der Waals surface area contributed by atoms with Gasteiger partial charge < -0.3 is 14.6 Å². The summed E-state index contributed by atoms with van der Waals surface area (Å²) in [7, 11) is 0. The van der Waals surface area contributed by atoms with Crippen LogP contribution in [0, 0.1) is 20.8 Å². The Morgan fingerprint density at radius 3 is 2.13 bits per heavy atom. The van der Waals surface area contributed by atoms with E-state index < -0.39 is 18.0 Å². The molecule has 2 aromatic carbocycles. The van der Waals surface area contributed by atoms with Crippen LogP contribution in [-0.2, 0) is 9.53 Å². The Hall–Kier alpha value is -3.67. The van der Waals surface area contributed by atoms with E-state index in [9.17, 15) is 14.4 Å². The lowest BCUT2D eigenvalue weighted by atomic mass is 10.1. The topological polar surface area (TPSA) is 77.4 Å². The average molecular weight is 418 g/mol. The van der Waals surface area contributed by atoms with E-state index >= 15 is 0 Å². The number of nitrogens with one attached hydrogen (secondary N) is 1. The first-order valence-corrected chi connectivity index (χ1v) is 10.1. The van der Waals surface area contributed by atoms with Gasteiger partial charge in [-0.05, 0) is 77.1 Å². The zero-order chi connectivity index (χ0) is 22.7. The molecule has 0 bridgehead atoms. The second-order valence-electron chi connectivity index (χ2n) is 7.63. The Morgan fingerprint density at radius 2 is 1.55 bits per heavy atom. The molecule has 0 aliphatic rings. The lowest BCUT2D eigenvalue weighted by Gasteiger charge is -2.14. The minimum atomic E-state index is -0.984. The Labute approximate surface area is 181 Å². The van der Waals surface area contributed by atoms with Crippen molar-refractivity contribution in [2.24, 2.45) is 0 Å². The minimum absolute atomic E-state index is 0.0524. The zero-order valence-electron chi connectivity index (χ0n) is 18.4. The largest absolute Gasteiger partial charge is 0.449 e. The number of Topliss-reactive ketones (excluding diaryl/α,β-unsaturated/α-hetero) is 1. The lowest BCUT2D eigenvalue weighted by Crippen LogP contribution is -2.30. The molecule has 1 unspecified atom stereocenters. The van der Waals surface area contributed by atoms with Gasteiger partial charge in [-0.2, -0.15) is 0 Å². The number of rotatable bonds is 6. The standard InChI is InChI=1S/C25H26N2O4/c1-15-6-12-22(13-7-15)27-16(2)14-23(17(27)3)25(30)31-19(5)24(29)26-21-10-8-20(9-11-21)18(4)28/h6-14,19H,1-5H3,(H,26,29). The van der Waals surface area contributed by atoms with Crippen molar-refractivity contribution in [3.8, 4) is 5.69 Å². The quantitative estimate of drug-likeness (QED) is 0.461. The summed E-state index contributed by atoms with van der Waals surface area (Å²) in [5, 5.41) is 2.69. The predicted molar refractivity (Wildman–Crippen MR) is 120 cm³/mol. The number of ether oxygens (including phenoxy) is 1. The molecule has 0 spiro atoms. The molecular formula is C25H26N2O4. The first kappa shape index (κ1) is 22.0. The molecule has 1 atom stereocenters. The van der Waals surface area contributed by atoms with Gasteiger partial charge >= 0.3 is 5.97 Å². The fourth-order valence-corrected chi connectivity index (χ4v) is 3.37. The molecule has 6 nitrogen and oxygen atoms in total. The van der Waals surface area contributed by atoms with Gasteiger partial charge in [0, 0.05) is 28.3 Å². The molecule has 1 aromatic heterocycles. The normalized spacial score (nSPS) is 11.6. The molecule has 1 N–H and O–H groups in total. The van der Waals surface area contributed by atoms with Crippen LogP contribution in [0.15, 0.2) is 54.6 Å². The highest BCUT2D eigenvalue weighted by atomic mass is 16.5. The highest BCUT2D eigenvalue weighted by Gasteiger charge is 2.23. The van der Waals surface area contributed by atoms with E-state index in [1.807, 2.05) is 49.6 Å². The summed E-state index contributed by atoms with van der Waals surface area (Å²) in [5.74, 6) is -1.05. The van der Waals surface area contributed by atoms with E-state index in [1.165, 1.54) is 13.8 Å². The van der Waals surface area contributed by atoms with Gasteiger partial charge in [-0.25, -0.2) is 4.79 Å². The number of aryl methyl sites for hydroxylation is 2. The number of nitrogens with zero attached hydrogens (tertiary/aromatic N) is 1. The van der Waals surface area contributed by atoms with Crippen LogP contribution < -0.4 is 5.32 Å². The summed E-state index contributed by atoms with van der Waals surface area (Å²) < 4.78 is 7.40. The number of hydrogen-bond acceptors (Lipinski definition) is 4. The number of benzene rings is 2. The first-order chi connectivity index (χ1) is 14.7. The molecule has 0 radical (unpaired) electrons. The van der Waals surface area contributed by atoms with Crippen molar-refractivity contribution in [1.82, 2.24) is 4.57 Å². The third-order valence-electron chi connectivity index (χ3n) is 5.16. The third-order valence-corrected chi connectivity index (χ3v) is 5.16. The summed E-state index contributed by atoms with van der Waals surface area (Å²) in [6, 6.07) is 16.3. The number of carbonyl (C=O) groups is 3. The first-order valence-electron chi connectivity index (χ1n) is 10.1. The molecule has 6 heteroatoms. The summed E-state index contributed by atoms with van der Waals surface area (Å²) in [4.78, 5) is 36.6. The smallest absolute Gasteiger partial charge is 0.340 e. The molecule has 0 saturated heterocycles. The molecular weight excluding hydrogens is 392 g/mol. The number of aromatic nitrogens is 1. The second kappa shape index (κ2) is 9.00. The summed E-state index contributed by atoms with van der Waals surface area (Å²) in [6.45, 7) is 8.79. The SMILES string of the molecule is CC(=O)c1ccc(NC(=O)C(C)OC(=O)c2cc(C)n(-c3ccc(C)cc3)c2C)cc1. The van der Waals surface area contributed by atoms with E-state index in [0.29, 0.717) is 16.8 Å². The Morgan fingerprint density at radius 1 is 0.935 bits per heavy atom. The number of anilines is 1.